The van der Waals surface area contributed by atoms with Crippen LogP contribution >= 0.6 is 11.8 Å². The van der Waals surface area contributed by atoms with Crippen molar-refractivity contribution in [3.8, 4) is 0 Å². The van der Waals surface area contributed by atoms with Gasteiger partial charge in [-0.25, -0.2) is 0 Å². The summed E-state index contributed by atoms with van der Waals surface area (Å²) in [5.74, 6) is -0.0339. The first-order valence-corrected chi connectivity index (χ1v) is 10.9. The number of nitrogens with one attached hydrogen (secondary N) is 1. The Kier molecular flexibility index (Phi) is 7.63. The van der Waals surface area contributed by atoms with Crippen LogP contribution in [-0.2, 0) is 16.1 Å². The van der Waals surface area contributed by atoms with Crippen molar-refractivity contribution in [2.75, 3.05) is 16.8 Å². The van der Waals surface area contributed by atoms with Gasteiger partial charge in [0.15, 0.2) is 0 Å². The third kappa shape index (κ3) is 6.74. The van der Waals surface area contributed by atoms with Gasteiger partial charge in [0.2, 0.25) is 5.91 Å². The molecule has 0 spiro atoms. The SMILES string of the molecule is Cc1ccc(Cn2ccccc2=NC(=O)CSCC(=O)Nc2cccc(C)c2)cc1. The number of amides is 2. The minimum Gasteiger partial charge on any atom is -0.328 e. The average molecular weight is 420 g/mol. The van der Waals surface area contributed by atoms with Gasteiger partial charge in [-0.15, -0.1) is 11.8 Å². The average Bonchev–Trinajstić information content (AvgIpc) is 2.71. The summed E-state index contributed by atoms with van der Waals surface area (Å²) < 4.78 is 1.94. The van der Waals surface area contributed by atoms with E-state index >= 15 is 0 Å². The molecule has 0 saturated carbocycles. The molecule has 154 valence electrons. The number of benzene rings is 2. The molecule has 1 N–H and O–H groups in total. The molecule has 6 heteroatoms. The molecule has 5 nitrogen and oxygen atoms in total. The minimum atomic E-state index is -0.257. The van der Waals surface area contributed by atoms with Crippen molar-refractivity contribution in [2.45, 2.75) is 20.4 Å². The lowest BCUT2D eigenvalue weighted by Gasteiger charge is -2.08. The summed E-state index contributed by atoms with van der Waals surface area (Å²) in [4.78, 5) is 28.6. The lowest BCUT2D eigenvalue weighted by Crippen LogP contribution is -2.22. The quantitative estimate of drug-likeness (QED) is 0.631. The van der Waals surface area contributed by atoms with E-state index in [9.17, 15) is 9.59 Å². The highest BCUT2D eigenvalue weighted by atomic mass is 32.2. The van der Waals surface area contributed by atoms with Gasteiger partial charge < -0.3 is 9.88 Å². The maximum atomic E-state index is 12.3. The van der Waals surface area contributed by atoms with E-state index in [0.717, 1.165) is 16.8 Å². The van der Waals surface area contributed by atoms with E-state index in [1.165, 1.54) is 17.3 Å². The molecular formula is C24H25N3O2S. The lowest BCUT2D eigenvalue weighted by atomic mass is 10.1. The fourth-order valence-corrected chi connectivity index (χ4v) is 3.50. The number of carbonyl (C=O) groups is 2. The Bertz CT molecular complexity index is 1090. The van der Waals surface area contributed by atoms with Gasteiger partial charge in [0.05, 0.1) is 11.5 Å². The summed E-state index contributed by atoms with van der Waals surface area (Å²) in [6.07, 6.45) is 1.91. The highest BCUT2D eigenvalue weighted by Gasteiger charge is 2.06. The molecule has 0 saturated heterocycles. The monoisotopic (exact) mass is 419 g/mol. The normalized spacial score (nSPS) is 11.3. The van der Waals surface area contributed by atoms with E-state index in [2.05, 4.69) is 41.5 Å². The van der Waals surface area contributed by atoms with Crippen molar-refractivity contribution in [1.82, 2.24) is 4.57 Å². The van der Waals surface area contributed by atoms with Gasteiger partial charge in [-0.2, -0.15) is 4.99 Å². The Balaban J connectivity index is 1.56. The Hall–Kier alpha value is -3.12. The molecule has 0 radical (unpaired) electrons. The minimum absolute atomic E-state index is 0.132. The summed E-state index contributed by atoms with van der Waals surface area (Å²) in [7, 11) is 0. The molecule has 2 amide bonds. The zero-order valence-corrected chi connectivity index (χ0v) is 18.0. The number of pyridine rings is 1. The first-order chi connectivity index (χ1) is 14.5. The molecule has 0 unspecified atom stereocenters. The fourth-order valence-electron chi connectivity index (χ4n) is 2.90. The van der Waals surface area contributed by atoms with Crippen LogP contribution in [0.5, 0.6) is 0 Å². The summed E-state index contributed by atoms with van der Waals surface area (Å²) in [6, 6.07) is 21.5. The van der Waals surface area contributed by atoms with Crippen molar-refractivity contribution in [3.05, 3.63) is 95.1 Å². The fraction of sp³-hybridized carbons (Fsp3) is 0.208. The van der Waals surface area contributed by atoms with E-state index < -0.39 is 0 Å². The summed E-state index contributed by atoms with van der Waals surface area (Å²) in [5.41, 5.74) is 4.80. The first kappa shape index (κ1) is 21.6. The number of anilines is 1. The standard InChI is InChI=1S/C24H25N3O2S/c1-18-9-11-20(12-10-18)15-27-13-4-3-8-22(27)26-24(29)17-30-16-23(28)25-21-7-5-6-19(2)14-21/h3-14H,15-17H2,1-2H3,(H,25,28). The lowest BCUT2D eigenvalue weighted by molar-refractivity contribution is -0.115. The Morgan fingerprint density at radius 3 is 2.50 bits per heavy atom. The number of hydrogen-bond donors (Lipinski definition) is 1. The van der Waals surface area contributed by atoms with Crippen LogP contribution < -0.4 is 10.8 Å². The van der Waals surface area contributed by atoms with E-state index in [0.29, 0.717) is 12.0 Å². The van der Waals surface area contributed by atoms with Crippen LogP contribution in [0, 0.1) is 13.8 Å². The number of thioether (sulfide) groups is 1. The Morgan fingerprint density at radius 2 is 1.73 bits per heavy atom. The van der Waals surface area contributed by atoms with E-state index in [1.807, 2.05) is 60.2 Å². The number of aromatic nitrogens is 1. The van der Waals surface area contributed by atoms with Crippen LogP contribution in [0.3, 0.4) is 0 Å². The van der Waals surface area contributed by atoms with E-state index in [1.54, 1.807) is 0 Å². The van der Waals surface area contributed by atoms with Gasteiger partial charge in [0.25, 0.3) is 5.91 Å². The molecule has 30 heavy (non-hydrogen) atoms. The van der Waals surface area contributed by atoms with Gasteiger partial charge in [0.1, 0.15) is 5.49 Å². The van der Waals surface area contributed by atoms with Gasteiger partial charge in [-0.05, 0) is 49.2 Å². The molecule has 0 aliphatic rings. The van der Waals surface area contributed by atoms with Crippen molar-refractivity contribution in [2.24, 2.45) is 4.99 Å². The van der Waals surface area contributed by atoms with Gasteiger partial charge in [-0.3, -0.25) is 9.59 Å². The van der Waals surface area contributed by atoms with Crippen molar-refractivity contribution >= 4 is 29.3 Å². The third-order valence-electron chi connectivity index (χ3n) is 4.39. The van der Waals surface area contributed by atoms with Crippen LogP contribution in [0.15, 0.2) is 77.9 Å². The molecule has 1 aromatic heterocycles. The molecule has 0 atom stereocenters. The smallest absolute Gasteiger partial charge is 0.257 e. The highest BCUT2D eigenvalue weighted by Crippen LogP contribution is 2.10. The molecule has 0 bridgehead atoms. The molecule has 1 heterocycles. The molecule has 0 aliphatic carbocycles. The van der Waals surface area contributed by atoms with Crippen LogP contribution in [0.2, 0.25) is 0 Å². The van der Waals surface area contributed by atoms with Crippen molar-refractivity contribution < 1.29 is 9.59 Å². The summed E-state index contributed by atoms with van der Waals surface area (Å²) >= 11 is 1.26. The van der Waals surface area contributed by atoms with E-state index in [-0.39, 0.29) is 23.3 Å². The summed E-state index contributed by atoms with van der Waals surface area (Å²) in [6.45, 7) is 4.66. The van der Waals surface area contributed by atoms with Crippen molar-refractivity contribution in [3.63, 3.8) is 0 Å². The molecule has 0 fully saturated rings. The maximum Gasteiger partial charge on any atom is 0.257 e. The van der Waals surface area contributed by atoms with Gasteiger partial charge in [0, 0.05) is 18.4 Å². The second kappa shape index (κ2) is 10.6. The largest absolute Gasteiger partial charge is 0.328 e. The van der Waals surface area contributed by atoms with Gasteiger partial charge >= 0.3 is 0 Å². The molecule has 0 aliphatic heterocycles. The molecule has 3 rings (SSSR count). The zero-order valence-electron chi connectivity index (χ0n) is 17.2. The zero-order chi connectivity index (χ0) is 21.3. The number of carbonyl (C=O) groups excluding carboxylic acids is 2. The second-order valence-corrected chi connectivity index (χ2v) is 8.07. The van der Waals surface area contributed by atoms with Gasteiger partial charge in [-0.1, -0.05) is 48.0 Å². The Morgan fingerprint density at radius 1 is 0.933 bits per heavy atom. The third-order valence-corrected chi connectivity index (χ3v) is 5.31. The molecule has 2 aromatic carbocycles. The number of rotatable bonds is 7. The first-order valence-electron chi connectivity index (χ1n) is 9.72. The van der Waals surface area contributed by atoms with Crippen LogP contribution in [0.1, 0.15) is 16.7 Å². The van der Waals surface area contributed by atoms with Crippen LogP contribution in [0.25, 0.3) is 0 Å². The predicted octanol–water partition coefficient (Wildman–Crippen LogP) is 3.95. The molecule has 3 aromatic rings. The van der Waals surface area contributed by atoms with Crippen LogP contribution in [-0.4, -0.2) is 27.9 Å². The summed E-state index contributed by atoms with van der Waals surface area (Å²) in [5, 5.41) is 2.84. The van der Waals surface area contributed by atoms with Crippen LogP contribution in [0.4, 0.5) is 5.69 Å². The van der Waals surface area contributed by atoms with E-state index in [4.69, 9.17) is 0 Å². The maximum absolute atomic E-state index is 12.3. The number of nitrogens with zero attached hydrogens (tertiary/aromatic N) is 2. The number of hydrogen-bond acceptors (Lipinski definition) is 3. The van der Waals surface area contributed by atoms with Crippen molar-refractivity contribution in [1.29, 1.82) is 0 Å². The second-order valence-electron chi connectivity index (χ2n) is 7.09. The highest BCUT2D eigenvalue weighted by molar-refractivity contribution is 8.00. The number of aryl methyl sites for hydroxylation is 2. The molecular weight excluding hydrogens is 394 g/mol. The topological polar surface area (TPSA) is 63.5 Å². The predicted molar refractivity (Wildman–Crippen MR) is 122 cm³/mol. The Labute approximate surface area is 180 Å².